The summed E-state index contributed by atoms with van der Waals surface area (Å²) in [5.74, 6) is 3.41. The Bertz CT molecular complexity index is 606. The summed E-state index contributed by atoms with van der Waals surface area (Å²) in [6.07, 6.45) is 0. The minimum atomic E-state index is -0.737. The highest BCUT2D eigenvalue weighted by Gasteiger charge is 2.11. The minimum absolute atomic E-state index is 0.0327. The lowest BCUT2D eigenvalue weighted by molar-refractivity contribution is 0.277. The SMILES string of the molecule is OCC#Cc1ccsc1COc1c(F)cccc1F. The van der Waals surface area contributed by atoms with E-state index in [0.717, 1.165) is 17.0 Å². The summed E-state index contributed by atoms with van der Waals surface area (Å²) in [6, 6.07) is 5.32. The van der Waals surface area contributed by atoms with Crippen molar-refractivity contribution in [3.8, 4) is 17.6 Å². The van der Waals surface area contributed by atoms with Gasteiger partial charge in [0, 0.05) is 5.56 Å². The molecular weight excluding hydrogens is 270 g/mol. The van der Waals surface area contributed by atoms with Gasteiger partial charge in [0.1, 0.15) is 13.2 Å². The Hall–Kier alpha value is -1.90. The Morgan fingerprint density at radius 3 is 2.63 bits per heavy atom. The van der Waals surface area contributed by atoms with Crippen molar-refractivity contribution in [2.45, 2.75) is 6.61 Å². The summed E-state index contributed by atoms with van der Waals surface area (Å²) >= 11 is 1.38. The van der Waals surface area contributed by atoms with Crippen molar-refractivity contribution < 1.29 is 18.6 Å². The van der Waals surface area contributed by atoms with Crippen LogP contribution in [0.2, 0.25) is 0 Å². The van der Waals surface area contributed by atoms with Crippen molar-refractivity contribution >= 4 is 11.3 Å². The highest BCUT2D eigenvalue weighted by molar-refractivity contribution is 7.10. The molecule has 0 unspecified atom stereocenters. The summed E-state index contributed by atoms with van der Waals surface area (Å²) in [5.41, 5.74) is 0.691. The molecule has 1 N–H and O–H groups in total. The Morgan fingerprint density at radius 2 is 1.95 bits per heavy atom. The van der Waals surface area contributed by atoms with Gasteiger partial charge in [0.05, 0.1) is 4.88 Å². The van der Waals surface area contributed by atoms with Crippen LogP contribution in [0.5, 0.6) is 5.75 Å². The number of aliphatic hydroxyl groups excluding tert-OH is 1. The Labute approximate surface area is 113 Å². The van der Waals surface area contributed by atoms with Crippen LogP contribution in [0.4, 0.5) is 8.78 Å². The molecule has 19 heavy (non-hydrogen) atoms. The van der Waals surface area contributed by atoms with Crippen LogP contribution < -0.4 is 4.74 Å². The van der Waals surface area contributed by atoms with E-state index >= 15 is 0 Å². The molecule has 0 aliphatic carbocycles. The van der Waals surface area contributed by atoms with E-state index in [0.29, 0.717) is 5.56 Å². The van der Waals surface area contributed by atoms with Crippen LogP contribution >= 0.6 is 11.3 Å². The topological polar surface area (TPSA) is 29.5 Å². The average molecular weight is 280 g/mol. The van der Waals surface area contributed by atoms with E-state index in [2.05, 4.69) is 11.8 Å². The largest absolute Gasteiger partial charge is 0.482 e. The molecule has 0 saturated heterocycles. The van der Waals surface area contributed by atoms with Crippen molar-refractivity contribution in [3.05, 3.63) is 51.7 Å². The molecule has 2 nitrogen and oxygen atoms in total. The lowest BCUT2D eigenvalue weighted by Gasteiger charge is -2.07. The second-order valence-corrected chi connectivity index (χ2v) is 4.56. The number of ether oxygens (including phenoxy) is 1. The molecule has 0 saturated carbocycles. The van der Waals surface area contributed by atoms with Crippen LogP contribution in [0.15, 0.2) is 29.6 Å². The number of para-hydroxylation sites is 1. The fraction of sp³-hybridized carbons (Fsp3) is 0.143. The fourth-order valence-corrected chi connectivity index (χ4v) is 2.20. The molecule has 5 heteroatoms. The maximum Gasteiger partial charge on any atom is 0.191 e. The Morgan fingerprint density at radius 1 is 1.21 bits per heavy atom. The van der Waals surface area contributed by atoms with Gasteiger partial charge in [-0.15, -0.1) is 11.3 Å². The molecule has 0 fully saturated rings. The third-order valence-electron chi connectivity index (χ3n) is 2.31. The second-order valence-electron chi connectivity index (χ2n) is 3.56. The zero-order valence-electron chi connectivity index (χ0n) is 9.82. The van der Waals surface area contributed by atoms with E-state index < -0.39 is 17.4 Å². The molecule has 1 aromatic carbocycles. The van der Waals surface area contributed by atoms with Crippen LogP contribution in [-0.2, 0) is 6.61 Å². The maximum absolute atomic E-state index is 13.4. The van der Waals surface area contributed by atoms with Gasteiger partial charge >= 0.3 is 0 Å². The van der Waals surface area contributed by atoms with Gasteiger partial charge in [0.15, 0.2) is 17.4 Å². The van der Waals surface area contributed by atoms with Gasteiger partial charge in [-0.05, 0) is 23.6 Å². The zero-order chi connectivity index (χ0) is 13.7. The molecule has 98 valence electrons. The lowest BCUT2D eigenvalue weighted by Crippen LogP contribution is -1.99. The first-order chi connectivity index (χ1) is 9.22. The van der Waals surface area contributed by atoms with Crippen LogP contribution in [-0.4, -0.2) is 11.7 Å². The predicted molar refractivity (Wildman–Crippen MR) is 69.0 cm³/mol. The number of hydrogen-bond acceptors (Lipinski definition) is 3. The molecule has 1 heterocycles. The van der Waals surface area contributed by atoms with Gasteiger partial charge in [0.25, 0.3) is 0 Å². The number of hydrogen-bond donors (Lipinski definition) is 1. The molecular formula is C14H10F2O2S. The van der Waals surface area contributed by atoms with Crippen molar-refractivity contribution in [2.24, 2.45) is 0 Å². The number of thiophene rings is 1. The highest BCUT2D eigenvalue weighted by Crippen LogP contribution is 2.24. The molecule has 0 amide bonds. The van der Waals surface area contributed by atoms with Crippen LogP contribution in [0, 0.1) is 23.5 Å². The predicted octanol–water partition coefficient (Wildman–Crippen LogP) is 2.95. The van der Waals surface area contributed by atoms with Crippen molar-refractivity contribution in [1.29, 1.82) is 0 Å². The fourth-order valence-electron chi connectivity index (χ4n) is 1.46. The third kappa shape index (κ3) is 3.31. The van der Waals surface area contributed by atoms with E-state index in [1.54, 1.807) is 11.4 Å². The van der Waals surface area contributed by atoms with Gasteiger partial charge in [-0.1, -0.05) is 17.9 Å². The molecule has 0 bridgehead atoms. The first-order valence-corrected chi connectivity index (χ1v) is 6.33. The molecule has 0 aliphatic rings. The van der Waals surface area contributed by atoms with Crippen molar-refractivity contribution in [1.82, 2.24) is 0 Å². The van der Waals surface area contributed by atoms with Crippen LogP contribution in [0.3, 0.4) is 0 Å². The Kier molecular flexibility index (Phi) is 4.50. The number of halogens is 2. The molecule has 1 aromatic heterocycles. The van der Waals surface area contributed by atoms with Gasteiger partial charge < -0.3 is 9.84 Å². The highest BCUT2D eigenvalue weighted by atomic mass is 32.1. The summed E-state index contributed by atoms with van der Waals surface area (Å²) in [7, 11) is 0. The minimum Gasteiger partial charge on any atom is -0.482 e. The molecule has 0 radical (unpaired) electrons. The molecule has 2 aromatic rings. The van der Waals surface area contributed by atoms with E-state index in [-0.39, 0.29) is 13.2 Å². The monoisotopic (exact) mass is 280 g/mol. The molecule has 0 aliphatic heterocycles. The second kappa shape index (κ2) is 6.32. The number of rotatable bonds is 3. The summed E-state index contributed by atoms with van der Waals surface area (Å²) in [6.45, 7) is -0.205. The van der Waals surface area contributed by atoms with Gasteiger partial charge in [0.2, 0.25) is 0 Å². The first-order valence-electron chi connectivity index (χ1n) is 5.45. The lowest BCUT2D eigenvalue weighted by atomic mass is 10.2. The number of benzene rings is 1. The van der Waals surface area contributed by atoms with Gasteiger partial charge in [-0.25, -0.2) is 8.78 Å². The van der Waals surface area contributed by atoms with E-state index in [1.807, 2.05) is 0 Å². The molecule has 0 atom stereocenters. The third-order valence-corrected chi connectivity index (χ3v) is 3.21. The van der Waals surface area contributed by atoms with E-state index in [1.165, 1.54) is 17.4 Å². The molecule has 0 spiro atoms. The molecule has 2 rings (SSSR count). The quantitative estimate of drug-likeness (QED) is 0.876. The summed E-state index contributed by atoms with van der Waals surface area (Å²) < 4.78 is 31.9. The van der Waals surface area contributed by atoms with Crippen molar-refractivity contribution in [3.63, 3.8) is 0 Å². The van der Waals surface area contributed by atoms with Crippen LogP contribution in [0.25, 0.3) is 0 Å². The van der Waals surface area contributed by atoms with Crippen molar-refractivity contribution in [2.75, 3.05) is 6.61 Å². The number of aliphatic hydroxyl groups is 1. The zero-order valence-corrected chi connectivity index (χ0v) is 10.6. The smallest absolute Gasteiger partial charge is 0.191 e. The maximum atomic E-state index is 13.4. The summed E-state index contributed by atoms with van der Waals surface area (Å²) in [5, 5.41) is 10.4. The van der Waals surface area contributed by atoms with E-state index in [9.17, 15) is 8.78 Å². The van der Waals surface area contributed by atoms with E-state index in [4.69, 9.17) is 9.84 Å². The normalized spacial score (nSPS) is 9.84. The average Bonchev–Trinajstić information content (AvgIpc) is 2.83. The first kappa shape index (κ1) is 13.5. The van der Waals surface area contributed by atoms with Crippen LogP contribution in [0.1, 0.15) is 10.4 Å². The van der Waals surface area contributed by atoms with Gasteiger partial charge in [-0.3, -0.25) is 0 Å². The van der Waals surface area contributed by atoms with Gasteiger partial charge in [-0.2, -0.15) is 0 Å². The summed E-state index contributed by atoms with van der Waals surface area (Å²) in [4.78, 5) is 0.753. The Balaban J connectivity index is 2.13. The standard InChI is InChI=1S/C14H10F2O2S/c15-11-4-1-5-12(16)14(11)18-9-13-10(3-2-7-17)6-8-19-13/h1,4-6,8,17H,7,9H2.